The maximum absolute atomic E-state index is 11.8. The summed E-state index contributed by atoms with van der Waals surface area (Å²) in [4.78, 5) is 0. The normalized spacial score (nSPS) is 12.0. The van der Waals surface area contributed by atoms with Gasteiger partial charge in [-0.05, 0) is 18.1 Å². The van der Waals surface area contributed by atoms with Crippen molar-refractivity contribution < 1.29 is 13.2 Å². The number of halogens is 3. The molecule has 2 nitrogen and oxygen atoms in total. The van der Waals surface area contributed by atoms with Gasteiger partial charge in [0.25, 0.3) is 0 Å². The van der Waals surface area contributed by atoms with Crippen LogP contribution in [0.5, 0.6) is 0 Å². The van der Waals surface area contributed by atoms with E-state index in [-0.39, 0.29) is 6.54 Å². The van der Waals surface area contributed by atoms with Gasteiger partial charge in [-0.3, -0.25) is 0 Å². The van der Waals surface area contributed by atoms with Crippen LogP contribution in [0.1, 0.15) is 18.9 Å². The van der Waals surface area contributed by atoms with Gasteiger partial charge < -0.3 is 9.88 Å². The Balaban J connectivity index is 2.31. The van der Waals surface area contributed by atoms with E-state index in [1.54, 1.807) is 0 Å². The zero-order valence-corrected chi connectivity index (χ0v) is 8.64. The van der Waals surface area contributed by atoms with E-state index >= 15 is 0 Å². The van der Waals surface area contributed by atoms with Crippen LogP contribution < -0.4 is 5.32 Å². The highest BCUT2D eigenvalue weighted by Crippen LogP contribution is 2.12. The Morgan fingerprint density at radius 1 is 1.40 bits per heavy atom. The van der Waals surface area contributed by atoms with Crippen LogP contribution in [0.4, 0.5) is 13.2 Å². The number of aromatic nitrogens is 1. The summed E-state index contributed by atoms with van der Waals surface area (Å²) in [6, 6.07) is 1.83. The van der Waals surface area contributed by atoms with Crippen molar-refractivity contribution >= 4 is 0 Å². The molecule has 0 unspecified atom stereocenters. The van der Waals surface area contributed by atoms with Crippen molar-refractivity contribution in [2.75, 3.05) is 6.54 Å². The van der Waals surface area contributed by atoms with Gasteiger partial charge in [0.15, 0.2) is 0 Å². The van der Waals surface area contributed by atoms with Gasteiger partial charge in [-0.2, -0.15) is 13.2 Å². The summed E-state index contributed by atoms with van der Waals surface area (Å²) >= 11 is 0. The predicted molar refractivity (Wildman–Crippen MR) is 52.5 cm³/mol. The van der Waals surface area contributed by atoms with E-state index in [9.17, 15) is 13.2 Å². The molecule has 15 heavy (non-hydrogen) atoms. The molecule has 1 heterocycles. The highest BCUT2D eigenvalue weighted by atomic mass is 19.4. The first-order valence-electron chi connectivity index (χ1n) is 4.93. The summed E-state index contributed by atoms with van der Waals surface area (Å²) in [5.74, 6) is 0. The molecule has 1 aromatic rings. The van der Waals surface area contributed by atoms with E-state index in [0.29, 0.717) is 0 Å². The molecule has 0 atom stereocenters. The first-order chi connectivity index (χ1) is 7.01. The van der Waals surface area contributed by atoms with Gasteiger partial charge in [-0.15, -0.1) is 0 Å². The molecular formula is C10H15F3N2. The summed E-state index contributed by atoms with van der Waals surface area (Å²) in [5.41, 5.74) is 0.882. The van der Waals surface area contributed by atoms with Crippen molar-refractivity contribution in [2.45, 2.75) is 32.6 Å². The van der Waals surface area contributed by atoms with Crippen LogP contribution in [0, 0.1) is 0 Å². The molecule has 0 saturated carbocycles. The van der Waals surface area contributed by atoms with Gasteiger partial charge in [0.2, 0.25) is 0 Å². The smallest absolute Gasteiger partial charge is 0.354 e. The Labute approximate surface area is 87.1 Å². The largest absolute Gasteiger partial charge is 0.401 e. The summed E-state index contributed by atoms with van der Waals surface area (Å²) in [6.45, 7) is 2.28. The van der Waals surface area contributed by atoms with Crippen LogP contribution in [-0.2, 0) is 13.1 Å². The maximum atomic E-state index is 11.8. The van der Waals surface area contributed by atoms with E-state index in [0.717, 1.165) is 18.5 Å². The third-order valence-corrected chi connectivity index (χ3v) is 1.95. The Morgan fingerprint density at radius 2 is 2.13 bits per heavy atom. The van der Waals surface area contributed by atoms with Crippen LogP contribution in [0.2, 0.25) is 0 Å². The number of aryl methyl sites for hydroxylation is 1. The fourth-order valence-electron chi connectivity index (χ4n) is 1.34. The van der Waals surface area contributed by atoms with Crippen LogP contribution in [-0.4, -0.2) is 17.3 Å². The standard InChI is InChI=1S/C10H15F3N2/c1-2-4-15-5-3-9(7-15)6-14-8-10(11,12)13/h3,5,7,14H,2,4,6,8H2,1H3. The van der Waals surface area contributed by atoms with Gasteiger partial charge in [0, 0.05) is 25.5 Å². The second-order valence-electron chi connectivity index (χ2n) is 3.48. The third kappa shape index (κ3) is 4.88. The molecule has 1 rings (SSSR count). The number of nitrogens with one attached hydrogen (secondary N) is 1. The molecule has 0 saturated heterocycles. The number of alkyl halides is 3. The first kappa shape index (κ1) is 12.1. The van der Waals surface area contributed by atoms with Crippen LogP contribution >= 0.6 is 0 Å². The summed E-state index contributed by atoms with van der Waals surface area (Å²) in [6.07, 6.45) is 0.636. The van der Waals surface area contributed by atoms with Crippen molar-refractivity contribution in [1.29, 1.82) is 0 Å². The Bertz CT molecular complexity index is 291. The second kappa shape index (κ2) is 5.21. The second-order valence-corrected chi connectivity index (χ2v) is 3.48. The van der Waals surface area contributed by atoms with Crippen molar-refractivity contribution in [3.05, 3.63) is 24.0 Å². The minimum absolute atomic E-state index is 0.260. The lowest BCUT2D eigenvalue weighted by Gasteiger charge is -2.06. The van der Waals surface area contributed by atoms with Crippen molar-refractivity contribution in [3.8, 4) is 0 Å². The summed E-state index contributed by atoms with van der Waals surface area (Å²) in [7, 11) is 0. The van der Waals surface area contributed by atoms with E-state index < -0.39 is 12.7 Å². The molecule has 1 N–H and O–H groups in total. The van der Waals surface area contributed by atoms with E-state index in [1.807, 2.05) is 23.0 Å². The number of hydrogen-bond donors (Lipinski definition) is 1. The van der Waals surface area contributed by atoms with Crippen LogP contribution in [0.15, 0.2) is 18.5 Å². The highest BCUT2D eigenvalue weighted by Gasteiger charge is 2.25. The number of rotatable bonds is 5. The Hall–Kier alpha value is -0.970. The lowest BCUT2D eigenvalue weighted by molar-refractivity contribution is -0.125. The molecule has 86 valence electrons. The fraction of sp³-hybridized carbons (Fsp3) is 0.600. The molecule has 0 bridgehead atoms. The fourth-order valence-corrected chi connectivity index (χ4v) is 1.34. The minimum Gasteiger partial charge on any atom is -0.354 e. The van der Waals surface area contributed by atoms with E-state index in [1.165, 1.54) is 0 Å². The van der Waals surface area contributed by atoms with E-state index in [2.05, 4.69) is 12.2 Å². The molecule has 0 aliphatic rings. The quantitative estimate of drug-likeness (QED) is 0.807. The molecule has 0 fully saturated rings. The summed E-state index contributed by atoms with van der Waals surface area (Å²) in [5, 5.41) is 2.36. The minimum atomic E-state index is -4.13. The average molecular weight is 220 g/mol. The number of nitrogens with zero attached hydrogens (tertiary/aromatic N) is 1. The zero-order chi connectivity index (χ0) is 11.3. The van der Waals surface area contributed by atoms with E-state index in [4.69, 9.17) is 0 Å². The van der Waals surface area contributed by atoms with Gasteiger partial charge in [0.05, 0.1) is 6.54 Å². The third-order valence-electron chi connectivity index (χ3n) is 1.95. The van der Waals surface area contributed by atoms with Crippen LogP contribution in [0.25, 0.3) is 0 Å². The lowest BCUT2D eigenvalue weighted by atomic mass is 10.3. The summed E-state index contributed by atoms with van der Waals surface area (Å²) < 4.78 is 37.4. The van der Waals surface area contributed by atoms with Crippen LogP contribution in [0.3, 0.4) is 0 Å². The molecule has 0 spiro atoms. The molecule has 0 aliphatic heterocycles. The monoisotopic (exact) mass is 220 g/mol. The van der Waals surface area contributed by atoms with Gasteiger partial charge in [-0.25, -0.2) is 0 Å². The molecule has 0 amide bonds. The van der Waals surface area contributed by atoms with Gasteiger partial charge >= 0.3 is 6.18 Å². The highest BCUT2D eigenvalue weighted by molar-refractivity contribution is 5.09. The molecule has 1 aromatic heterocycles. The Morgan fingerprint density at radius 3 is 2.73 bits per heavy atom. The molecule has 5 heteroatoms. The first-order valence-corrected chi connectivity index (χ1v) is 4.93. The zero-order valence-electron chi connectivity index (χ0n) is 8.64. The predicted octanol–water partition coefficient (Wildman–Crippen LogP) is 2.55. The lowest BCUT2D eigenvalue weighted by Crippen LogP contribution is -2.28. The molecule has 0 aromatic carbocycles. The van der Waals surface area contributed by atoms with Crippen molar-refractivity contribution in [3.63, 3.8) is 0 Å². The maximum Gasteiger partial charge on any atom is 0.401 e. The van der Waals surface area contributed by atoms with Crippen molar-refractivity contribution in [1.82, 2.24) is 9.88 Å². The molecule has 0 radical (unpaired) electrons. The SMILES string of the molecule is CCCn1ccc(CNCC(F)(F)F)c1. The Kier molecular flexibility index (Phi) is 4.20. The van der Waals surface area contributed by atoms with Crippen molar-refractivity contribution in [2.24, 2.45) is 0 Å². The van der Waals surface area contributed by atoms with Gasteiger partial charge in [0.1, 0.15) is 0 Å². The average Bonchev–Trinajstić information content (AvgIpc) is 2.51. The topological polar surface area (TPSA) is 17.0 Å². The number of hydrogen-bond acceptors (Lipinski definition) is 1. The van der Waals surface area contributed by atoms with Gasteiger partial charge in [-0.1, -0.05) is 6.92 Å². The molecule has 0 aliphatic carbocycles. The molecular weight excluding hydrogens is 205 g/mol.